The van der Waals surface area contributed by atoms with E-state index in [0.29, 0.717) is 11.5 Å². The van der Waals surface area contributed by atoms with E-state index in [9.17, 15) is 18.0 Å². The van der Waals surface area contributed by atoms with Crippen LogP contribution in [-0.2, 0) is 24.3 Å². The summed E-state index contributed by atoms with van der Waals surface area (Å²) in [5, 5.41) is 3.72. The first-order valence-electron chi connectivity index (χ1n) is 8.14. The molecule has 2 aliphatic carbocycles. The largest absolute Gasteiger partial charge is 0.418 e. The number of nitrogens with one attached hydrogen (secondary N) is 2. The van der Waals surface area contributed by atoms with E-state index >= 15 is 0 Å². The molecule has 140 valence electrons. The van der Waals surface area contributed by atoms with Gasteiger partial charge in [-0.15, -0.1) is 4.28 Å². The van der Waals surface area contributed by atoms with Crippen LogP contribution in [0, 0.1) is 5.41 Å². The van der Waals surface area contributed by atoms with E-state index in [0.717, 1.165) is 19.3 Å². The Bertz CT molecular complexity index is 709. The number of carbonyl (C=O) groups is 2. The molecule has 4 atom stereocenters. The Morgan fingerprint density at radius 1 is 1.40 bits per heavy atom. The van der Waals surface area contributed by atoms with Gasteiger partial charge in [0.25, 0.3) is 5.91 Å². The average molecular weight is 376 g/mol. The predicted octanol–water partition coefficient (Wildman–Crippen LogP) is -1.21. The first-order valence-corrected chi connectivity index (χ1v) is 9.50. The third-order valence-electron chi connectivity index (χ3n) is 5.55. The van der Waals surface area contributed by atoms with Gasteiger partial charge in [0.05, 0.1) is 6.04 Å². The van der Waals surface area contributed by atoms with Crippen LogP contribution in [0.25, 0.3) is 0 Å². The zero-order valence-corrected chi connectivity index (χ0v) is 14.4. The second-order valence-corrected chi connectivity index (χ2v) is 8.12. The number of hydrogen-bond donors (Lipinski definition) is 3. The van der Waals surface area contributed by atoms with Crippen molar-refractivity contribution in [1.29, 1.82) is 0 Å². The average Bonchev–Trinajstić information content (AvgIpc) is 3.45. The van der Waals surface area contributed by atoms with Crippen LogP contribution in [0.2, 0.25) is 0 Å². The number of rotatable bonds is 6. The Kier molecular flexibility index (Phi) is 3.74. The minimum Gasteiger partial charge on any atom is -0.314 e. The van der Waals surface area contributed by atoms with Crippen LogP contribution in [-0.4, -0.2) is 72.7 Å². The summed E-state index contributed by atoms with van der Waals surface area (Å²) in [6.45, 7) is 0.176. The first kappa shape index (κ1) is 17.0. The van der Waals surface area contributed by atoms with E-state index < -0.39 is 34.4 Å². The Labute approximate surface area is 144 Å². The van der Waals surface area contributed by atoms with Crippen molar-refractivity contribution in [1.82, 2.24) is 20.8 Å². The molecular weight excluding hydrogens is 356 g/mol. The van der Waals surface area contributed by atoms with Gasteiger partial charge in [-0.1, -0.05) is 0 Å². The summed E-state index contributed by atoms with van der Waals surface area (Å²) in [6, 6.07) is -1.79. The van der Waals surface area contributed by atoms with Gasteiger partial charge >= 0.3 is 16.4 Å². The van der Waals surface area contributed by atoms with Crippen LogP contribution in [0.1, 0.15) is 25.7 Å². The molecule has 2 saturated carbocycles. The van der Waals surface area contributed by atoms with Gasteiger partial charge in [-0.2, -0.15) is 13.5 Å². The van der Waals surface area contributed by atoms with E-state index in [2.05, 4.69) is 15.1 Å². The summed E-state index contributed by atoms with van der Waals surface area (Å²) in [7, 11) is -3.01. The lowest BCUT2D eigenvalue weighted by Crippen LogP contribution is -2.53. The van der Waals surface area contributed by atoms with Gasteiger partial charge in [-0.3, -0.25) is 14.2 Å². The highest BCUT2D eigenvalue weighted by atomic mass is 32.3. The molecule has 4 fully saturated rings. The normalized spacial score (nSPS) is 35.2. The van der Waals surface area contributed by atoms with Gasteiger partial charge in [-0.25, -0.2) is 10.3 Å². The van der Waals surface area contributed by atoms with Crippen LogP contribution in [0.3, 0.4) is 0 Å². The summed E-state index contributed by atoms with van der Waals surface area (Å²) in [6.07, 6.45) is 2.64. The summed E-state index contributed by atoms with van der Waals surface area (Å²) in [5.74, 6) is -0.437. The number of fused-ring (bicyclic) bond motifs is 3. The smallest absolute Gasteiger partial charge is 0.314 e. The van der Waals surface area contributed by atoms with Gasteiger partial charge in [-0.05, 0) is 38.1 Å². The Morgan fingerprint density at radius 2 is 2.12 bits per heavy atom. The maximum atomic E-state index is 12.5. The van der Waals surface area contributed by atoms with Crippen LogP contribution in [0.15, 0.2) is 0 Å². The molecule has 3 N–H and O–H groups in total. The second-order valence-electron chi connectivity index (χ2n) is 7.11. The van der Waals surface area contributed by atoms with Crippen molar-refractivity contribution in [3.63, 3.8) is 0 Å². The molecule has 11 nitrogen and oxygen atoms in total. The highest BCUT2D eigenvalue weighted by molar-refractivity contribution is 7.80. The second kappa shape index (κ2) is 5.51. The molecule has 2 bridgehead atoms. The van der Waals surface area contributed by atoms with Gasteiger partial charge in [0.15, 0.2) is 0 Å². The Hall–Kier alpha value is -1.47. The summed E-state index contributed by atoms with van der Waals surface area (Å²) < 4.78 is 35.4. The van der Waals surface area contributed by atoms with Crippen molar-refractivity contribution < 1.29 is 31.7 Å². The molecule has 0 aromatic rings. The van der Waals surface area contributed by atoms with E-state index in [1.54, 1.807) is 7.05 Å². The molecule has 0 aromatic heterocycles. The van der Waals surface area contributed by atoms with Crippen molar-refractivity contribution >= 4 is 22.3 Å². The molecule has 2 saturated heterocycles. The molecule has 2 heterocycles. The molecule has 0 aromatic carbocycles. The van der Waals surface area contributed by atoms with Crippen molar-refractivity contribution in [3.8, 4) is 0 Å². The molecule has 4 aliphatic rings. The lowest BCUT2D eigenvalue weighted by atomic mass is 9.85. The zero-order valence-electron chi connectivity index (χ0n) is 13.5. The number of likely N-dealkylation sites (N-methyl/N-ethyl adjacent to an activating group) is 1. The third-order valence-corrected chi connectivity index (χ3v) is 5.90. The number of hydroxylamine groups is 3. The molecule has 2 aliphatic heterocycles. The van der Waals surface area contributed by atoms with Crippen molar-refractivity contribution in [3.05, 3.63) is 0 Å². The summed E-state index contributed by atoms with van der Waals surface area (Å²) >= 11 is 0. The minimum absolute atomic E-state index is 0.0891. The molecule has 12 heteroatoms. The van der Waals surface area contributed by atoms with Gasteiger partial charge < -0.3 is 10.2 Å². The number of hydrogen-bond acceptors (Lipinski definition) is 7. The highest BCUT2D eigenvalue weighted by Crippen LogP contribution is 2.59. The van der Waals surface area contributed by atoms with Gasteiger partial charge in [0, 0.05) is 12.6 Å². The van der Waals surface area contributed by atoms with Crippen molar-refractivity contribution in [2.24, 2.45) is 5.41 Å². The standard InChI is InChI=1S/C13H20N4O7S/c1-14-7-4-9(7)23-15-11(18)8-5-13(2-3-13)10-6-16(8)12(19)17(10)24-25(20,21)22/h7-10,14H,2-6H2,1H3,(H,15,18)(H,20,21,22)/t7?,8-,9?,10-/m0/s1. The van der Waals surface area contributed by atoms with Crippen molar-refractivity contribution in [2.75, 3.05) is 13.6 Å². The summed E-state index contributed by atoms with van der Waals surface area (Å²) in [4.78, 5) is 31.5. The predicted molar refractivity (Wildman–Crippen MR) is 80.9 cm³/mol. The topological polar surface area (TPSA) is 138 Å². The van der Waals surface area contributed by atoms with E-state index in [1.807, 2.05) is 0 Å². The number of carbonyl (C=O) groups excluding carboxylic acids is 2. The van der Waals surface area contributed by atoms with Gasteiger partial charge in [0.1, 0.15) is 12.1 Å². The molecule has 4 rings (SSSR count). The number of piperidine rings is 1. The fourth-order valence-corrected chi connectivity index (χ4v) is 4.23. The zero-order chi connectivity index (χ0) is 18.0. The molecular formula is C13H20N4O7S. The summed E-state index contributed by atoms with van der Waals surface area (Å²) in [5.41, 5.74) is 2.05. The SMILES string of the molecule is CNC1CC1ONC(=O)[C@@H]1CC2(CC2)[C@@H]2CN1C(=O)N2OS(=O)(=O)O. The molecule has 3 amide bonds. The Morgan fingerprint density at radius 3 is 2.68 bits per heavy atom. The lowest BCUT2D eigenvalue weighted by molar-refractivity contribution is -0.141. The van der Waals surface area contributed by atoms with E-state index in [-0.39, 0.29) is 24.1 Å². The molecule has 1 spiro atoms. The first-order chi connectivity index (χ1) is 11.7. The molecule has 0 radical (unpaired) electrons. The lowest BCUT2D eigenvalue weighted by Gasteiger charge is -2.35. The van der Waals surface area contributed by atoms with Crippen molar-refractivity contribution in [2.45, 2.75) is 49.9 Å². The minimum atomic E-state index is -4.82. The maximum Gasteiger partial charge on any atom is 0.418 e. The van der Waals surface area contributed by atoms with E-state index in [1.165, 1.54) is 4.90 Å². The fraction of sp³-hybridized carbons (Fsp3) is 0.846. The van der Waals surface area contributed by atoms with Crippen LogP contribution >= 0.6 is 0 Å². The monoisotopic (exact) mass is 376 g/mol. The molecule has 2 unspecified atom stereocenters. The van der Waals surface area contributed by atoms with Crippen LogP contribution in [0.4, 0.5) is 4.79 Å². The van der Waals surface area contributed by atoms with Crippen LogP contribution in [0.5, 0.6) is 0 Å². The number of nitrogens with zero attached hydrogens (tertiary/aromatic N) is 2. The number of urea groups is 1. The quantitative estimate of drug-likeness (QED) is 0.388. The highest BCUT2D eigenvalue weighted by Gasteiger charge is 2.65. The molecule has 25 heavy (non-hydrogen) atoms. The number of amides is 3. The fourth-order valence-electron chi connectivity index (χ4n) is 3.86. The van der Waals surface area contributed by atoms with Crippen LogP contribution < -0.4 is 10.8 Å². The Balaban J connectivity index is 1.46. The van der Waals surface area contributed by atoms with Gasteiger partial charge in [0.2, 0.25) is 0 Å². The maximum absolute atomic E-state index is 12.5. The third kappa shape index (κ3) is 2.97. The van der Waals surface area contributed by atoms with E-state index in [4.69, 9.17) is 9.39 Å².